The van der Waals surface area contributed by atoms with Crippen molar-refractivity contribution in [3.8, 4) is 17.1 Å². The van der Waals surface area contributed by atoms with Crippen molar-refractivity contribution in [1.82, 2.24) is 19.4 Å². The summed E-state index contributed by atoms with van der Waals surface area (Å²) in [6.45, 7) is 13.0. The molecule has 2 aliphatic heterocycles. The van der Waals surface area contributed by atoms with Gasteiger partial charge < -0.3 is 33.7 Å². The maximum absolute atomic E-state index is 12.9. The number of ether oxygens (including phenoxy) is 3. The zero-order valence-corrected chi connectivity index (χ0v) is 25.5. The van der Waals surface area contributed by atoms with E-state index in [1.165, 1.54) is 13.2 Å². The van der Waals surface area contributed by atoms with E-state index in [-0.39, 0.29) is 23.9 Å². The Bertz CT molecular complexity index is 1450. The van der Waals surface area contributed by atoms with Crippen LogP contribution in [-0.4, -0.2) is 86.7 Å². The number of pyridine rings is 1. The number of carboxylic acids is 1. The monoisotopic (exact) mass is 579 g/mol. The first-order chi connectivity index (χ1) is 19.8. The van der Waals surface area contributed by atoms with E-state index in [0.717, 1.165) is 24.2 Å². The highest BCUT2D eigenvalue weighted by atomic mass is 16.6. The van der Waals surface area contributed by atoms with Crippen molar-refractivity contribution in [3.63, 3.8) is 0 Å². The van der Waals surface area contributed by atoms with Crippen molar-refractivity contribution in [1.29, 1.82) is 0 Å². The number of hydrogen-bond donors (Lipinski definition) is 1. The molecular weight excluding hydrogens is 538 g/mol. The van der Waals surface area contributed by atoms with Gasteiger partial charge in [-0.3, -0.25) is 0 Å². The lowest BCUT2D eigenvalue weighted by Gasteiger charge is -2.37. The Balaban J connectivity index is 1.54. The van der Waals surface area contributed by atoms with E-state index in [9.17, 15) is 14.7 Å². The van der Waals surface area contributed by atoms with Gasteiger partial charge in [0.1, 0.15) is 28.5 Å². The van der Waals surface area contributed by atoms with E-state index in [0.29, 0.717) is 54.3 Å². The largest absolute Gasteiger partial charge is 0.494 e. The van der Waals surface area contributed by atoms with Crippen LogP contribution in [0, 0.1) is 0 Å². The molecule has 2 aromatic heterocycles. The van der Waals surface area contributed by atoms with Crippen LogP contribution in [0.15, 0.2) is 30.5 Å². The fraction of sp³-hybridized carbons (Fsp3) is 0.548. The van der Waals surface area contributed by atoms with Crippen LogP contribution in [0.25, 0.3) is 22.4 Å². The van der Waals surface area contributed by atoms with Crippen molar-refractivity contribution in [3.05, 3.63) is 36.0 Å². The summed E-state index contributed by atoms with van der Waals surface area (Å²) in [6, 6.07) is 7.90. The van der Waals surface area contributed by atoms with Gasteiger partial charge in [-0.05, 0) is 78.6 Å². The number of carbonyl (C=O) groups is 2. The normalized spacial score (nSPS) is 22.9. The van der Waals surface area contributed by atoms with E-state index in [1.807, 2.05) is 50.6 Å². The van der Waals surface area contributed by atoms with Crippen LogP contribution in [0.2, 0.25) is 0 Å². The van der Waals surface area contributed by atoms with Gasteiger partial charge in [0.25, 0.3) is 0 Å². The number of fused-ring (bicyclic) bond motifs is 1. The maximum atomic E-state index is 12.9. The van der Waals surface area contributed by atoms with Gasteiger partial charge in [0.15, 0.2) is 0 Å². The Morgan fingerprint density at radius 3 is 2.40 bits per heavy atom. The van der Waals surface area contributed by atoms with Crippen LogP contribution < -0.4 is 9.64 Å². The number of aromatic carboxylic acids is 1. The third-order valence-corrected chi connectivity index (χ3v) is 7.86. The summed E-state index contributed by atoms with van der Waals surface area (Å²) < 4.78 is 19.6. The van der Waals surface area contributed by atoms with E-state index in [1.54, 1.807) is 11.0 Å². The Hall–Kier alpha value is -3.86. The molecule has 226 valence electrons. The van der Waals surface area contributed by atoms with Crippen molar-refractivity contribution >= 4 is 28.9 Å². The summed E-state index contributed by atoms with van der Waals surface area (Å²) in [5.74, 6) is 0.851. The Labute approximate surface area is 246 Å². The summed E-state index contributed by atoms with van der Waals surface area (Å²) in [7, 11) is 1.51. The lowest BCUT2D eigenvalue weighted by molar-refractivity contribution is -0.0845. The van der Waals surface area contributed by atoms with E-state index in [4.69, 9.17) is 24.2 Å². The van der Waals surface area contributed by atoms with E-state index in [2.05, 4.69) is 18.7 Å². The smallest absolute Gasteiger partial charge is 0.410 e. The predicted octanol–water partition coefficient (Wildman–Crippen LogP) is 5.21. The lowest BCUT2D eigenvalue weighted by Crippen LogP contribution is -2.51. The first-order valence-corrected chi connectivity index (χ1v) is 14.5. The van der Waals surface area contributed by atoms with Crippen molar-refractivity contribution in [2.75, 3.05) is 25.1 Å². The summed E-state index contributed by atoms with van der Waals surface area (Å²) in [6.07, 6.45) is 3.11. The fourth-order valence-electron chi connectivity index (χ4n) is 6.05. The van der Waals surface area contributed by atoms with E-state index < -0.39 is 11.6 Å². The number of rotatable bonds is 6. The van der Waals surface area contributed by atoms with Gasteiger partial charge in [0, 0.05) is 23.8 Å². The van der Waals surface area contributed by atoms with Gasteiger partial charge in [-0.15, -0.1) is 0 Å². The molecule has 4 atom stereocenters. The van der Waals surface area contributed by atoms with Gasteiger partial charge in [0.05, 0.1) is 50.0 Å². The molecule has 1 aromatic carbocycles. The third-order valence-electron chi connectivity index (χ3n) is 7.86. The second kappa shape index (κ2) is 11.4. The molecule has 0 bridgehead atoms. The molecule has 2 saturated heterocycles. The van der Waals surface area contributed by atoms with Gasteiger partial charge >= 0.3 is 12.1 Å². The number of carboxylic acid groups (broad SMARTS) is 1. The number of aromatic nitrogens is 3. The summed E-state index contributed by atoms with van der Waals surface area (Å²) in [4.78, 5) is 38.5. The molecule has 2 aliphatic rings. The highest BCUT2D eigenvalue weighted by Crippen LogP contribution is 2.35. The molecule has 0 spiro atoms. The standard InChI is InChI=1S/C31H41N5O6/c1-18-8-9-19(2)36(18)26-11-10-21(14-32-26)28-33-24-12-22(29(37)38)13-25(40-7)27(24)35(28)17-23-16-34(15-20(3)41-23)30(39)42-31(4,5)6/h10-14,18-20,23H,8-9,15-17H2,1-7H3,(H,37,38)/t18-,19-,20-,23-/m0/s1. The quantitative estimate of drug-likeness (QED) is 0.420. The predicted molar refractivity (Wildman–Crippen MR) is 159 cm³/mol. The first kappa shape index (κ1) is 29.6. The minimum atomic E-state index is -1.07. The first-order valence-electron chi connectivity index (χ1n) is 14.5. The topological polar surface area (TPSA) is 119 Å². The van der Waals surface area contributed by atoms with Crippen LogP contribution in [0.5, 0.6) is 5.75 Å². The van der Waals surface area contributed by atoms with Crippen molar-refractivity contribution < 1.29 is 28.9 Å². The SMILES string of the molecule is COc1cc(C(=O)O)cc2nc(-c3ccc(N4[C@@H](C)CC[C@@H]4C)nc3)n(C[C@@H]3CN(C(=O)OC(C)(C)C)C[C@H](C)O3)c12. The molecule has 0 radical (unpaired) electrons. The molecule has 2 fully saturated rings. The average molecular weight is 580 g/mol. The molecule has 11 nitrogen and oxygen atoms in total. The molecule has 1 N–H and O–H groups in total. The highest BCUT2D eigenvalue weighted by molar-refractivity contribution is 5.96. The number of morpholine rings is 1. The number of benzene rings is 1. The number of hydrogen-bond acceptors (Lipinski definition) is 8. The van der Waals surface area contributed by atoms with Gasteiger partial charge in [0.2, 0.25) is 0 Å². The third kappa shape index (κ3) is 6.01. The molecule has 1 amide bonds. The second-order valence-corrected chi connectivity index (χ2v) is 12.4. The van der Waals surface area contributed by atoms with Gasteiger partial charge in [-0.1, -0.05) is 0 Å². The highest BCUT2D eigenvalue weighted by Gasteiger charge is 2.33. The Morgan fingerprint density at radius 2 is 1.81 bits per heavy atom. The number of nitrogens with zero attached hydrogens (tertiary/aromatic N) is 5. The molecule has 42 heavy (non-hydrogen) atoms. The molecular formula is C31H41N5O6. The van der Waals surface area contributed by atoms with Crippen LogP contribution in [-0.2, 0) is 16.0 Å². The molecule has 0 saturated carbocycles. The zero-order valence-electron chi connectivity index (χ0n) is 25.5. The summed E-state index contributed by atoms with van der Waals surface area (Å²) in [5, 5.41) is 9.71. The molecule has 3 aromatic rings. The van der Waals surface area contributed by atoms with Crippen LogP contribution >= 0.6 is 0 Å². The zero-order chi connectivity index (χ0) is 30.3. The lowest BCUT2D eigenvalue weighted by atomic mass is 10.1. The van der Waals surface area contributed by atoms with Gasteiger partial charge in [-0.2, -0.15) is 0 Å². The van der Waals surface area contributed by atoms with Crippen molar-refractivity contribution in [2.24, 2.45) is 0 Å². The number of methoxy groups -OCH3 is 1. The molecule has 0 unspecified atom stereocenters. The van der Waals surface area contributed by atoms with Crippen molar-refractivity contribution in [2.45, 2.75) is 90.8 Å². The average Bonchev–Trinajstić information content (AvgIpc) is 3.45. The number of imidazole rings is 1. The Kier molecular flexibility index (Phi) is 8.06. The minimum Gasteiger partial charge on any atom is -0.494 e. The molecule has 4 heterocycles. The van der Waals surface area contributed by atoms with Gasteiger partial charge in [-0.25, -0.2) is 19.6 Å². The summed E-state index contributed by atoms with van der Waals surface area (Å²) in [5.41, 5.74) is 1.39. The van der Waals surface area contributed by atoms with E-state index >= 15 is 0 Å². The van der Waals surface area contributed by atoms with Crippen LogP contribution in [0.3, 0.4) is 0 Å². The minimum absolute atomic E-state index is 0.0830. The number of anilines is 1. The van der Waals surface area contributed by atoms with Crippen LogP contribution in [0.1, 0.15) is 64.7 Å². The summed E-state index contributed by atoms with van der Waals surface area (Å²) >= 11 is 0. The number of amides is 1. The second-order valence-electron chi connectivity index (χ2n) is 12.4. The maximum Gasteiger partial charge on any atom is 0.410 e. The molecule has 5 rings (SSSR count). The fourth-order valence-corrected chi connectivity index (χ4v) is 6.05. The molecule has 0 aliphatic carbocycles. The Morgan fingerprint density at radius 1 is 1.10 bits per heavy atom. The number of carbonyl (C=O) groups excluding carboxylic acids is 1. The molecule has 11 heteroatoms. The van der Waals surface area contributed by atoms with Crippen LogP contribution in [0.4, 0.5) is 10.6 Å².